The Labute approximate surface area is 101 Å². The van der Waals surface area contributed by atoms with Gasteiger partial charge in [-0.05, 0) is 19.4 Å². The van der Waals surface area contributed by atoms with E-state index >= 15 is 0 Å². The van der Waals surface area contributed by atoms with Crippen molar-refractivity contribution < 1.29 is 14.3 Å². The molecule has 0 amide bonds. The highest BCUT2D eigenvalue weighted by Gasteiger charge is 2.30. The Bertz CT molecular complexity index is 418. The molecule has 3 nitrogen and oxygen atoms in total. The number of aldehydes is 1. The molecule has 90 valence electrons. The van der Waals surface area contributed by atoms with Gasteiger partial charge in [0.25, 0.3) is 0 Å². The number of benzene rings is 1. The maximum atomic E-state index is 10.5. The van der Waals surface area contributed by atoms with Gasteiger partial charge in [-0.1, -0.05) is 36.4 Å². The van der Waals surface area contributed by atoms with Crippen molar-refractivity contribution in [1.82, 2.24) is 0 Å². The minimum Gasteiger partial charge on any atom is -0.347 e. The molecule has 0 aromatic heterocycles. The van der Waals surface area contributed by atoms with E-state index in [4.69, 9.17) is 9.47 Å². The Morgan fingerprint density at radius 2 is 1.88 bits per heavy atom. The van der Waals surface area contributed by atoms with E-state index < -0.39 is 5.79 Å². The van der Waals surface area contributed by atoms with Gasteiger partial charge in [-0.2, -0.15) is 0 Å². The van der Waals surface area contributed by atoms with Crippen LogP contribution in [-0.2, 0) is 9.47 Å². The molecular weight excluding hydrogens is 216 g/mol. The molecule has 3 heteroatoms. The fraction of sp³-hybridized carbons (Fsp3) is 0.357. The molecule has 1 aliphatic heterocycles. The molecule has 1 aromatic carbocycles. The van der Waals surface area contributed by atoms with Crippen molar-refractivity contribution in [1.29, 1.82) is 0 Å². The van der Waals surface area contributed by atoms with E-state index in [1.165, 1.54) is 0 Å². The van der Waals surface area contributed by atoms with Crippen LogP contribution in [0.15, 0.2) is 30.3 Å². The molecule has 0 radical (unpaired) electrons. The Morgan fingerprint density at radius 1 is 1.24 bits per heavy atom. The van der Waals surface area contributed by atoms with Gasteiger partial charge in [-0.15, -0.1) is 0 Å². The van der Waals surface area contributed by atoms with E-state index in [1.54, 1.807) is 12.1 Å². The summed E-state index contributed by atoms with van der Waals surface area (Å²) in [6.45, 7) is 4.38. The van der Waals surface area contributed by atoms with Crippen molar-refractivity contribution in [2.24, 2.45) is 0 Å². The predicted molar refractivity (Wildman–Crippen MR) is 65.8 cm³/mol. The largest absolute Gasteiger partial charge is 0.347 e. The summed E-state index contributed by atoms with van der Waals surface area (Å²) < 4.78 is 11.1. The number of rotatable bonds is 3. The molecule has 0 aliphatic carbocycles. The molecule has 1 fully saturated rings. The van der Waals surface area contributed by atoms with Crippen molar-refractivity contribution in [3.05, 3.63) is 41.5 Å². The van der Waals surface area contributed by atoms with E-state index in [0.717, 1.165) is 11.8 Å². The van der Waals surface area contributed by atoms with Gasteiger partial charge in [-0.25, -0.2) is 0 Å². The molecule has 0 unspecified atom stereocenters. The van der Waals surface area contributed by atoms with E-state index in [0.29, 0.717) is 12.2 Å². The van der Waals surface area contributed by atoms with Crippen LogP contribution < -0.4 is 0 Å². The second-order valence-electron chi connectivity index (χ2n) is 4.51. The average molecular weight is 232 g/mol. The Kier molecular flexibility index (Phi) is 3.41. The fourth-order valence-corrected chi connectivity index (χ4v) is 1.71. The first-order valence-electron chi connectivity index (χ1n) is 5.64. The summed E-state index contributed by atoms with van der Waals surface area (Å²) in [4.78, 5) is 10.5. The SMILES string of the molecule is CC1(C)OC[C@H](/C=C/c2ccc(C=O)cc2)O1. The average Bonchev–Trinajstić information content (AvgIpc) is 2.67. The monoisotopic (exact) mass is 232 g/mol. The Hall–Kier alpha value is -1.45. The highest BCUT2D eigenvalue weighted by atomic mass is 16.7. The van der Waals surface area contributed by atoms with Gasteiger partial charge in [0.2, 0.25) is 0 Å². The van der Waals surface area contributed by atoms with Gasteiger partial charge in [0.1, 0.15) is 12.4 Å². The van der Waals surface area contributed by atoms with E-state index in [9.17, 15) is 4.79 Å². The maximum absolute atomic E-state index is 10.5. The number of hydrogen-bond acceptors (Lipinski definition) is 3. The fourth-order valence-electron chi connectivity index (χ4n) is 1.71. The third-order valence-corrected chi connectivity index (χ3v) is 2.61. The Balaban J connectivity index is 1.98. The molecular formula is C14H16O3. The molecule has 0 spiro atoms. The van der Waals surface area contributed by atoms with E-state index in [1.807, 2.05) is 38.1 Å². The quantitative estimate of drug-likeness (QED) is 0.751. The molecule has 0 N–H and O–H groups in total. The van der Waals surface area contributed by atoms with Crippen LogP contribution >= 0.6 is 0 Å². The summed E-state index contributed by atoms with van der Waals surface area (Å²) in [6, 6.07) is 7.40. The van der Waals surface area contributed by atoms with Crippen molar-refractivity contribution in [2.75, 3.05) is 6.61 Å². The van der Waals surface area contributed by atoms with Gasteiger partial charge in [-0.3, -0.25) is 4.79 Å². The lowest BCUT2D eigenvalue weighted by molar-refractivity contribution is -0.133. The normalized spacial score (nSPS) is 23.1. The van der Waals surface area contributed by atoms with Crippen LogP contribution in [0, 0.1) is 0 Å². The second-order valence-corrected chi connectivity index (χ2v) is 4.51. The minimum absolute atomic E-state index is 0.00394. The zero-order valence-corrected chi connectivity index (χ0v) is 10.1. The number of carbonyl (C=O) groups is 1. The molecule has 0 saturated carbocycles. The first kappa shape index (κ1) is 12.0. The standard InChI is InChI=1S/C14H16O3/c1-14(2)16-10-13(17-14)8-7-11-3-5-12(9-15)6-4-11/h3-9,13H,10H2,1-2H3/b8-7+/t13-/m0/s1. The summed E-state index contributed by atoms with van der Waals surface area (Å²) in [6.07, 6.45) is 4.79. The van der Waals surface area contributed by atoms with Crippen molar-refractivity contribution in [3.8, 4) is 0 Å². The smallest absolute Gasteiger partial charge is 0.163 e. The summed E-state index contributed by atoms with van der Waals surface area (Å²) in [5, 5.41) is 0. The van der Waals surface area contributed by atoms with E-state index in [-0.39, 0.29) is 6.10 Å². The van der Waals surface area contributed by atoms with Crippen molar-refractivity contribution in [2.45, 2.75) is 25.7 Å². The zero-order valence-electron chi connectivity index (χ0n) is 10.1. The minimum atomic E-state index is -0.490. The number of ether oxygens (including phenoxy) is 2. The zero-order chi connectivity index (χ0) is 12.3. The van der Waals surface area contributed by atoms with Crippen LogP contribution in [0.1, 0.15) is 29.8 Å². The maximum Gasteiger partial charge on any atom is 0.163 e. The molecule has 1 atom stereocenters. The first-order valence-corrected chi connectivity index (χ1v) is 5.64. The summed E-state index contributed by atoms with van der Waals surface area (Å²) >= 11 is 0. The van der Waals surface area contributed by atoms with Crippen LogP contribution in [-0.4, -0.2) is 24.8 Å². The lowest BCUT2D eigenvalue weighted by Gasteiger charge is -2.15. The van der Waals surface area contributed by atoms with Crippen LogP contribution in [0.4, 0.5) is 0 Å². The molecule has 1 saturated heterocycles. The van der Waals surface area contributed by atoms with Crippen molar-refractivity contribution in [3.63, 3.8) is 0 Å². The van der Waals surface area contributed by atoms with Gasteiger partial charge < -0.3 is 9.47 Å². The predicted octanol–water partition coefficient (Wildman–Crippen LogP) is 2.66. The summed E-state index contributed by atoms with van der Waals surface area (Å²) in [5.41, 5.74) is 1.73. The highest BCUT2D eigenvalue weighted by molar-refractivity contribution is 5.75. The molecule has 17 heavy (non-hydrogen) atoms. The second kappa shape index (κ2) is 4.82. The van der Waals surface area contributed by atoms with Gasteiger partial charge >= 0.3 is 0 Å². The molecule has 0 bridgehead atoms. The number of hydrogen-bond donors (Lipinski definition) is 0. The molecule has 1 heterocycles. The topological polar surface area (TPSA) is 35.5 Å². The first-order chi connectivity index (χ1) is 8.09. The Morgan fingerprint density at radius 3 is 2.41 bits per heavy atom. The molecule has 2 rings (SSSR count). The van der Waals surface area contributed by atoms with Crippen molar-refractivity contribution >= 4 is 12.4 Å². The molecule has 1 aromatic rings. The van der Waals surface area contributed by atoms with Gasteiger partial charge in [0, 0.05) is 5.56 Å². The highest BCUT2D eigenvalue weighted by Crippen LogP contribution is 2.23. The summed E-state index contributed by atoms with van der Waals surface area (Å²) in [5.74, 6) is -0.490. The lowest BCUT2D eigenvalue weighted by Crippen LogP contribution is -2.20. The van der Waals surface area contributed by atoms with Crippen LogP contribution in [0.3, 0.4) is 0 Å². The lowest BCUT2D eigenvalue weighted by atomic mass is 10.1. The third kappa shape index (κ3) is 3.25. The summed E-state index contributed by atoms with van der Waals surface area (Å²) in [7, 11) is 0. The third-order valence-electron chi connectivity index (χ3n) is 2.61. The van der Waals surface area contributed by atoms with Crippen LogP contribution in [0.5, 0.6) is 0 Å². The van der Waals surface area contributed by atoms with Crippen LogP contribution in [0.25, 0.3) is 6.08 Å². The van der Waals surface area contributed by atoms with Gasteiger partial charge in [0.05, 0.1) is 6.61 Å². The van der Waals surface area contributed by atoms with Crippen LogP contribution in [0.2, 0.25) is 0 Å². The van der Waals surface area contributed by atoms with Gasteiger partial charge in [0.15, 0.2) is 5.79 Å². The molecule has 1 aliphatic rings. The number of carbonyl (C=O) groups excluding carboxylic acids is 1. The van der Waals surface area contributed by atoms with E-state index in [2.05, 4.69) is 0 Å².